The van der Waals surface area contributed by atoms with Crippen molar-refractivity contribution >= 4 is 33.8 Å². The zero-order valence-corrected chi connectivity index (χ0v) is 18.9. The molecule has 1 saturated heterocycles. The van der Waals surface area contributed by atoms with Crippen LogP contribution in [0.25, 0.3) is 22.2 Å². The maximum Gasteiger partial charge on any atom is 0.255 e. The fourth-order valence-corrected chi connectivity index (χ4v) is 4.10. The number of morpholine rings is 1. The van der Waals surface area contributed by atoms with Gasteiger partial charge in [0.15, 0.2) is 0 Å². The van der Waals surface area contributed by atoms with Crippen molar-refractivity contribution in [1.82, 2.24) is 9.78 Å². The van der Waals surface area contributed by atoms with Gasteiger partial charge in [0.2, 0.25) is 0 Å². The van der Waals surface area contributed by atoms with E-state index in [-0.39, 0.29) is 5.91 Å². The van der Waals surface area contributed by atoms with E-state index in [1.807, 2.05) is 78.3 Å². The first-order valence-electron chi connectivity index (χ1n) is 11.3. The molecule has 0 bridgehead atoms. The molecule has 0 unspecified atom stereocenters. The van der Waals surface area contributed by atoms with Crippen molar-refractivity contribution < 1.29 is 14.6 Å². The number of hydrogen-bond acceptors (Lipinski definition) is 5. The number of hydrogen-bond donors (Lipinski definition) is 2. The number of carbonyl (C=O) groups excluding carboxylic acids is 1. The number of aliphatic hydroxyl groups excluding tert-OH is 1. The maximum atomic E-state index is 12.8. The molecule has 4 aromatic rings. The Morgan fingerprint density at radius 2 is 1.65 bits per heavy atom. The number of aromatic nitrogens is 2. The number of ether oxygens (including phenoxy) is 1. The van der Waals surface area contributed by atoms with Crippen LogP contribution in [0.2, 0.25) is 0 Å². The summed E-state index contributed by atoms with van der Waals surface area (Å²) in [7, 11) is 0. The van der Waals surface area contributed by atoms with Gasteiger partial charge in [0, 0.05) is 35.4 Å². The number of benzene rings is 3. The average Bonchev–Trinajstić information content (AvgIpc) is 3.32. The van der Waals surface area contributed by atoms with Crippen LogP contribution in [0.4, 0.5) is 11.4 Å². The van der Waals surface area contributed by atoms with Crippen LogP contribution in [-0.4, -0.2) is 47.1 Å². The summed E-state index contributed by atoms with van der Waals surface area (Å²) in [5.41, 5.74) is 6.04. The van der Waals surface area contributed by atoms with Gasteiger partial charge in [0.1, 0.15) is 0 Å². The van der Waals surface area contributed by atoms with Crippen LogP contribution < -0.4 is 10.2 Å². The van der Waals surface area contributed by atoms with Crippen molar-refractivity contribution in [1.29, 1.82) is 0 Å². The summed E-state index contributed by atoms with van der Waals surface area (Å²) in [5.74, 6) is -0.150. The van der Waals surface area contributed by atoms with Crippen LogP contribution >= 0.6 is 0 Å². The molecule has 0 aliphatic carbocycles. The Bertz CT molecular complexity index is 1330. The number of carbonyl (C=O) groups is 1. The number of aliphatic hydroxyl groups is 1. The molecule has 2 N–H and O–H groups in total. The first-order valence-corrected chi connectivity index (χ1v) is 11.3. The number of amides is 1. The van der Waals surface area contributed by atoms with Gasteiger partial charge in [-0.2, -0.15) is 5.10 Å². The quantitative estimate of drug-likeness (QED) is 0.413. The minimum Gasteiger partial charge on any atom is -0.515 e. The number of rotatable bonds is 5. The lowest BCUT2D eigenvalue weighted by Crippen LogP contribution is -2.36. The van der Waals surface area contributed by atoms with Gasteiger partial charge in [-0.05, 0) is 72.7 Å². The van der Waals surface area contributed by atoms with Crippen LogP contribution in [0, 0.1) is 0 Å². The normalized spacial score (nSPS) is 14.4. The van der Waals surface area contributed by atoms with Gasteiger partial charge in [-0.25, -0.2) is 4.68 Å². The van der Waals surface area contributed by atoms with E-state index in [0.717, 1.165) is 66.0 Å². The summed E-state index contributed by atoms with van der Waals surface area (Å²) in [6.45, 7) is 5.04. The Hall–Kier alpha value is -4.10. The highest BCUT2D eigenvalue weighted by Gasteiger charge is 2.13. The molecule has 1 fully saturated rings. The van der Waals surface area contributed by atoms with Gasteiger partial charge < -0.3 is 20.1 Å². The van der Waals surface area contributed by atoms with Crippen LogP contribution in [0.15, 0.2) is 79.2 Å². The second kappa shape index (κ2) is 9.41. The highest BCUT2D eigenvalue weighted by molar-refractivity contribution is 6.05. The van der Waals surface area contributed by atoms with Crippen molar-refractivity contribution in [2.24, 2.45) is 0 Å². The third kappa shape index (κ3) is 4.38. The molecule has 5 rings (SSSR count). The molecule has 0 radical (unpaired) electrons. The molecule has 1 aliphatic heterocycles. The van der Waals surface area contributed by atoms with E-state index in [9.17, 15) is 9.90 Å². The van der Waals surface area contributed by atoms with Crippen molar-refractivity contribution in [3.63, 3.8) is 0 Å². The molecule has 7 heteroatoms. The number of nitrogens with zero attached hydrogens (tertiary/aromatic N) is 3. The Balaban J connectivity index is 1.31. The van der Waals surface area contributed by atoms with E-state index in [1.165, 1.54) is 0 Å². The number of fused-ring (bicyclic) bond motifs is 1. The molecule has 34 heavy (non-hydrogen) atoms. The highest BCUT2D eigenvalue weighted by Crippen LogP contribution is 2.24. The fourth-order valence-electron chi connectivity index (χ4n) is 4.10. The Morgan fingerprint density at radius 3 is 2.35 bits per heavy atom. The molecule has 1 aromatic heterocycles. The number of nitrogens with one attached hydrogen (secondary N) is 1. The molecule has 0 atom stereocenters. The monoisotopic (exact) mass is 454 g/mol. The zero-order valence-electron chi connectivity index (χ0n) is 18.9. The SMILES string of the molecule is C/C(=C\O)c1ccc(-n2ncc3cc(NC(=O)c4ccc(N5CCOCC5)cc4)ccc32)cc1. The summed E-state index contributed by atoms with van der Waals surface area (Å²) in [6, 6.07) is 21.3. The van der Waals surface area contributed by atoms with Crippen molar-refractivity contribution in [2.45, 2.75) is 6.92 Å². The predicted molar refractivity (Wildman–Crippen MR) is 135 cm³/mol. The molecule has 0 saturated carbocycles. The zero-order chi connectivity index (χ0) is 23.5. The second-order valence-electron chi connectivity index (χ2n) is 8.29. The Morgan fingerprint density at radius 1 is 0.971 bits per heavy atom. The number of anilines is 2. The number of allylic oxidation sites excluding steroid dienone is 1. The van der Waals surface area contributed by atoms with Crippen LogP contribution in [-0.2, 0) is 4.74 Å². The topological polar surface area (TPSA) is 79.6 Å². The molecule has 0 spiro atoms. The maximum absolute atomic E-state index is 12.8. The fraction of sp³-hybridized carbons (Fsp3) is 0.185. The van der Waals surface area contributed by atoms with E-state index in [4.69, 9.17) is 4.74 Å². The molecule has 172 valence electrons. The molecule has 7 nitrogen and oxygen atoms in total. The lowest BCUT2D eigenvalue weighted by atomic mass is 10.1. The third-order valence-corrected chi connectivity index (χ3v) is 6.09. The van der Waals surface area contributed by atoms with Gasteiger partial charge in [-0.15, -0.1) is 0 Å². The largest absolute Gasteiger partial charge is 0.515 e. The lowest BCUT2D eigenvalue weighted by Gasteiger charge is -2.28. The van der Waals surface area contributed by atoms with Crippen molar-refractivity contribution in [2.75, 3.05) is 36.5 Å². The molecular weight excluding hydrogens is 428 g/mol. The Kier molecular flexibility index (Phi) is 6.01. The molecule has 1 amide bonds. The van der Waals surface area contributed by atoms with Gasteiger partial charge in [0.25, 0.3) is 5.91 Å². The van der Waals surface area contributed by atoms with Gasteiger partial charge in [-0.3, -0.25) is 4.79 Å². The summed E-state index contributed by atoms with van der Waals surface area (Å²) in [5, 5.41) is 17.6. The summed E-state index contributed by atoms with van der Waals surface area (Å²) >= 11 is 0. The van der Waals surface area contributed by atoms with E-state index >= 15 is 0 Å². The van der Waals surface area contributed by atoms with Crippen LogP contribution in [0.1, 0.15) is 22.8 Å². The highest BCUT2D eigenvalue weighted by atomic mass is 16.5. The van der Waals surface area contributed by atoms with E-state index in [0.29, 0.717) is 11.3 Å². The summed E-state index contributed by atoms with van der Waals surface area (Å²) in [6.07, 6.45) is 2.89. The predicted octanol–water partition coefficient (Wildman–Crippen LogP) is 5.03. The minimum absolute atomic E-state index is 0.150. The van der Waals surface area contributed by atoms with Gasteiger partial charge in [0.05, 0.1) is 36.9 Å². The average molecular weight is 455 g/mol. The minimum atomic E-state index is -0.150. The van der Waals surface area contributed by atoms with Crippen LogP contribution in [0.5, 0.6) is 0 Å². The van der Waals surface area contributed by atoms with E-state index in [1.54, 1.807) is 6.20 Å². The smallest absolute Gasteiger partial charge is 0.255 e. The lowest BCUT2D eigenvalue weighted by molar-refractivity contribution is 0.102. The first-order chi connectivity index (χ1) is 16.6. The molecular formula is C27H26N4O3. The van der Waals surface area contributed by atoms with Gasteiger partial charge >= 0.3 is 0 Å². The standard InChI is InChI=1S/C27H26N4O3/c1-19(18-32)20-2-9-25(10-3-20)31-26-11-6-23(16-22(26)17-28-31)29-27(33)21-4-7-24(8-5-21)30-12-14-34-15-13-30/h2-11,16-18,32H,12-15H2,1H3,(H,29,33)/b19-18+. The summed E-state index contributed by atoms with van der Waals surface area (Å²) < 4.78 is 7.26. The van der Waals surface area contributed by atoms with Crippen LogP contribution in [0.3, 0.4) is 0 Å². The molecule has 1 aliphatic rings. The van der Waals surface area contributed by atoms with Crippen molar-refractivity contribution in [3.8, 4) is 5.69 Å². The van der Waals surface area contributed by atoms with Gasteiger partial charge in [-0.1, -0.05) is 12.1 Å². The first kappa shape index (κ1) is 21.7. The molecule has 3 aromatic carbocycles. The third-order valence-electron chi connectivity index (χ3n) is 6.09. The summed E-state index contributed by atoms with van der Waals surface area (Å²) in [4.78, 5) is 15.0. The second-order valence-corrected chi connectivity index (χ2v) is 8.29. The molecule has 2 heterocycles. The van der Waals surface area contributed by atoms with E-state index in [2.05, 4.69) is 15.3 Å². The Labute approximate surface area is 197 Å². The van der Waals surface area contributed by atoms with E-state index < -0.39 is 0 Å². The van der Waals surface area contributed by atoms with Crippen molar-refractivity contribution in [3.05, 3.63) is 90.3 Å².